The molecule has 164 valence electrons. The number of ether oxygens (including phenoxy) is 1. The molecule has 3 rings (SSSR count). The summed E-state index contributed by atoms with van der Waals surface area (Å²) in [6.45, 7) is 8.93. The smallest absolute Gasteiger partial charge is 0.309 e. The summed E-state index contributed by atoms with van der Waals surface area (Å²) in [7, 11) is 0. The first-order valence-electron chi connectivity index (χ1n) is 11.2. The zero-order chi connectivity index (χ0) is 21.3. The van der Waals surface area contributed by atoms with Gasteiger partial charge in [-0.05, 0) is 44.2 Å². The van der Waals surface area contributed by atoms with Crippen LogP contribution in [0.1, 0.15) is 50.7 Å². The van der Waals surface area contributed by atoms with Crippen molar-refractivity contribution in [1.29, 1.82) is 0 Å². The van der Waals surface area contributed by atoms with Gasteiger partial charge in [0.05, 0.1) is 19.1 Å². The van der Waals surface area contributed by atoms with E-state index in [2.05, 4.69) is 41.4 Å². The lowest BCUT2D eigenvalue weighted by molar-refractivity contribution is -0.149. The summed E-state index contributed by atoms with van der Waals surface area (Å²) in [5.41, 5.74) is 2.30. The number of hydrogen-bond acceptors (Lipinski definition) is 4. The number of likely N-dealkylation sites (tertiary alicyclic amines) is 2. The zero-order valence-electron chi connectivity index (χ0n) is 18.2. The Labute approximate surface area is 179 Å². The molecule has 0 aliphatic carbocycles. The SMILES string of the molecule is CCNC(=NCc1ccc(CN2CCCC2=O)cc1)N1CCC(C(=O)OCC)CC1. The predicted molar refractivity (Wildman–Crippen MR) is 117 cm³/mol. The summed E-state index contributed by atoms with van der Waals surface area (Å²) in [6.07, 6.45) is 3.24. The number of guanidine groups is 1. The number of esters is 1. The Morgan fingerprint density at radius 3 is 2.43 bits per heavy atom. The maximum Gasteiger partial charge on any atom is 0.309 e. The second-order valence-electron chi connectivity index (χ2n) is 7.92. The monoisotopic (exact) mass is 414 g/mol. The standard InChI is InChI=1S/C23H34N4O3/c1-3-24-23(26-14-11-20(12-15-26)22(29)30-4-2)25-16-18-7-9-19(10-8-18)17-27-13-5-6-21(27)28/h7-10,20H,3-6,11-17H2,1-2H3,(H,24,25). The number of nitrogens with one attached hydrogen (secondary N) is 1. The Balaban J connectivity index is 1.54. The van der Waals surface area contributed by atoms with Crippen molar-refractivity contribution in [1.82, 2.24) is 15.1 Å². The molecule has 0 aromatic heterocycles. The third kappa shape index (κ3) is 5.97. The van der Waals surface area contributed by atoms with Crippen molar-refractivity contribution < 1.29 is 14.3 Å². The van der Waals surface area contributed by atoms with Crippen LogP contribution < -0.4 is 5.32 Å². The van der Waals surface area contributed by atoms with Crippen LogP contribution in [0, 0.1) is 5.92 Å². The largest absolute Gasteiger partial charge is 0.466 e. The van der Waals surface area contributed by atoms with Crippen molar-refractivity contribution in [2.45, 2.75) is 52.6 Å². The van der Waals surface area contributed by atoms with Crippen LogP contribution in [0.25, 0.3) is 0 Å². The van der Waals surface area contributed by atoms with Crippen LogP contribution in [-0.4, -0.2) is 60.4 Å². The van der Waals surface area contributed by atoms with Crippen molar-refractivity contribution in [2.24, 2.45) is 10.9 Å². The Morgan fingerprint density at radius 1 is 1.13 bits per heavy atom. The van der Waals surface area contributed by atoms with Gasteiger partial charge in [-0.1, -0.05) is 24.3 Å². The summed E-state index contributed by atoms with van der Waals surface area (Å²) in [5, 5.41) is 3.37. The maximum absolute atomic E-state index is 12.0. The van der Waals surface area contributed by atoms with Gasteiger partial charge in [0, 0.05) is 39.1 Å². The lowest BCUT2D eigenvalue weighted by atomic mass is 9.97. The Kier molecular flexibility index (Phi) is 8.11. The van der Waals surface area contributed by atoms with E-state index in [9.17, 15) is 9.59 Å². The fourth-order valence-electron chi connectivity index (χ4n) is 4.02. The highest BCUT2D eigenvalue weighted by Gasteiger charge is 2.27. The van der Waals surface area contributed by atoms with Gasteiger partial charge < -0.3 is 19.9 Å². The number of nitrogens with zero attached hydrogens (tertiary/aromatic N) is 3. The van der Waals surface area contributed by atoms with Crippen LogP contribution in [0.15, 0.2) is 29.3 Å². The first-order chi connectivity index (χ1) is 14.6. The summed E-state index contributed by atoms with van der Waals surface area (Å²) in [6, 6.07) is 8.37. The van der Waals surface area contributed by atoms with Gasteiger partial charge in [-0.3, -0.25) is 9.59 Å². The molecule has 0 saturated carbocycles. The number of benzene rings is 1. The van der Waals surface area contributed by atoms with E-state index in [4.69, 9.17) is 9.73 Å². The Bertz CT molecular complexity index is 739. The number of amides is 1. The number of piperidine rings is 1. The minimum Gasteiger partial charge on any atom is -0.466 e. The fraction of sp³-hybridized carbons (Fsp3) is 0.609. The molecule has 1 N–H and O–H groups in total. The van der Waals surface area contributed by atoms with Gasteiger partial charge in [-0.2, -0.15) is 0 Å². The van der Waals surface area contributed by atoms with E-state index in [1.54, 1.807) is 0 Å². The molecular weight excluding hydrogens is 380 g/mol. The van der Waals surface area contributed by atoms with E-state index in [0.717, 1.165) is 62.5 Å². The molecule has 1 aromatic rings. The molecule has 0 radical (unpaired) electrons. The fourth-order valence-corrected chi connectivity index (χ4v) is 4.02. The average molecular weight is 415 g/mol. The second-order valence-corrected chi connectivity index (χ2v) is 7.92. The van der Waals surface area contributed by atoms with Crippen LogP contribution in [0.4, 0.5) is 0 Å². The van der Waals surface area contributed by atoms with Gasteiger partial charge in [0.15, 0.2) is 5.96 Å². The van der Waals surface area contributed by atoms with Gasteiger partial charge in [0.25, 0.3) is 0 Å². The van der Waals surface area contributed by atoms with E-state index in [-0.39, 0.29) is 17.8 Å². The quantitative estimate of drug-likeness (QED) is 0.422. The zero-order valence-corrected chi connectivity index (χ0v) is 18.2. The minimum absolute atomic E-state index is 0.000824. The highest BCUT2D eigenvalue weighted by atomic mass is 16.5. The highest BCUT2D eigenvalue weighted by molar-refractivity contribution is 5.80. The highest BCUT2D eigenvalue weighted by Crippen LogP contribution is 2.19. The topological polar surface area (TPSA) is 74.2 Å². The molecule has 2 fully saturated rings. The van der Waals surface area contributed by atoms with Crippen molar-refractivity contribution in [2.75, 3.05) is 32.8 Å². The predicted octanol–water partition coefficient (Wildman–Crippen LogP) is 2.55. The summed E-state index contributed by atoms with van der Waals surface area (Å²) in [4.78, 5) is 32.7. The first kappa shape index (κ1) is 22.1. The van der Waals surface area contributed by atoms with Crippen LogP contribution in [-0.2, 0) is 27.4 Å². The van der Waals surface area contributed by atoms with E-state index in [0.29, 0.717) is 26.1 Å². The van der Waals surface area contributed by atoms with E-state index in [1.807, 2.05) is 11.8 Å². The van der Waals surface area contributed by atoms with Crippen molar-refractivity contribution >= 4 is 17.8 Å². The number of aliphatic imine (C=N–C) groups is 1. The molecule has 30 heavy (non-hydrogen) atoms. The van der Waals surface area contributed by atoms with E-state index in [1.165, 1.54) is 0 Å². The van der Waals surface area contributed by atoms with Gasteiger partial charge in [0.2, 0.25) is 5.91 Å². The molecule has 2 heterocycles. The molecule has 7 nitrogen and oxygen atoms in total. The summed E-state index contributed by atoms with van der Waals surface area (Å²) >= 11 is 0. The third-order valence-electron chi connectivity index (χ3n) is 5.73. The van der Waals surface area contributed by atoms with Crippen molar-refractivity contribution in [3.63, 3.8) is 0 Å². The third-order valence-corrected chi connectivity index (χ3v) is 5.73. The van der Waals surface area contributed by atoms with Gasteiger partial charge in [0.1, 0.15) is 0 Å². The molecule has 1 aromatic carbocycles. The van der Waals surface area contributed by atoms with E-state index >= 15 is 0 Å². The van der Waals surface area contributed by atoms with E-state index < -0.39 is 0 Å². The van der Waals surface area contributed by atoms with Crippen LogP contribution in [0.5, 0.6) is 0 Å². The van der Waals surface area contributed by atoms with Crippen molar-refractivity contribution in [3.05, 3.63) is 35.4 Å². The van der Waals surface area contributed by atoms with Crippen molar-refractivity contribution in [3.8, 4) is 0 Å². The molecule has 2 aliphatic heterocycles. The second kappa shape index (κ2) is 11.0. The maximum atomic E-state index is 12.0. The number of rotatable bonds is 7. The molecule has 0 spiro atoms. The van der Waals surface area contributed by atoms with Gasteiger partial charge >= 0.3 is 5.97 Å². The molecular formula is C23H34N4O3. The van der Waals surface area contributed by atoms with Crippen LogP contribution in [0.2, 0.25) is 0 Å². The Morgan fingerprint density at radius 2 is 1.83 bits per heavy atom. The lowest BCUT2D eigenvalue weighted by Crippen LogP contribution is -2.46. The molecule has 2 saturated heterocycles. The number of hydrogen-bond donors (Lipinski definition) is 1. The average Bonchev–Trinajstić information content (AvgIpc) is 3.17. The molecule has 0 atom stereocenters. The Hall–Kier alpha value is -2.57. The van der Waals surface area contributed by atoms with Crippen LogP contribution in [0.3, 0.4) is 0 Å². The molecule has 2 aliphatic rings. The van der Waals surface area contributed by atoms with Gasteiger partial charge in [-0.15, -0.1) is 0 Å². The summed E-state index contributed by atoms with van der Waals surface area (Å²) in [5.74, 6) is 1.08. The first-order valence-corrected chi connectivity index (χ1v) is 11.2. The molecule has 0 unspecified atom stereocenters. The molecule has 0 bridgehead atoms. The molecule has 1 amide bonds. The number of carbonyl (C=O) groups excluding carboxylic acids is 2. The lowest BCUT2D eigenvalue weighted by Gasteiger charge is -2.33. The molecule has 7 heteroatoms. The minimum atomic E-state index is -0.0743. The summed E-state index contributed by atoms with van der Waals surface area (Å²) < 4.78 is 5.16. The number of carbonyl (C=O) groups is 2. The van der Waals surface area contributed by atoms with Gasteiger partial charge in [-0.25, -0.2) is 4.99 Å². The van der Waals surface area contributed by atoms with Crippen LogP contribution >= 0.6 is 0 Å². The normalized spacial score (nSPS) is 18.1.